The maximum absolute atomic E-state index is 6.21. The summed E-state index contributed by atoms with van der Waals surface area (Å²) in [6.07, 6.45) is 1.02. The molecule has 1 aromatic heterocycles. The van der Waals surface area contributed by atoms with Crippen molar-refractivity contribution in [1.29, 1.82) is 0 Å². The lowest BCUT2D eigenvalue weighted by atomic mass is 9.94. The third-order valence-electron chi connectivity index (χ3n) is 4.17. The van der Waals surface area contributed by atoms with Gasteiger partial charge >= 0.3 is 0 Å². The van der Waals surface area contributed by atoms with Crippen molar-refractivity contribution in [2.45, 2.75) is 33.2 Å². The molecule has 1 aromatic carbocycles. The molecule has 0 saturated heterocycles. The van der Waals surface area contributed by atoms with Crippen molar-refractivity contribution in [2.24, 2.45) is 0 Å². The molecule has 0 N–H and O–H groups in total. The van der Waals surface area contributed by atoms with E-state index in [1.807, 2.05) is 13.8 Å². The van der Waals surface area contributed by atoms with Crippen LogP contribution in [0.5, 0.6) is 0 Å². The van der Waals surface area contributed by atoms with Crippen LogP contribution in [0, 0.1) is 13.8 Å². The highest BCUT2D eigenvalue weighted by molar-refractivity contribution is 6.30. The molecule has 3 rings (SSSR count). The van der Waals surface area contributed by atoms with Gasteiger partial charge in [0.25, 0.3) is 0 Å². The van der Waals surface area contributed by atoms with Gasteiger partial charge in [-0.15, -0.1) is 0 Å². The maximum atomic E-state index is 6.21. The molecule has 1 aliphatic rings. The molecular formula is C16H18ClN3. The molecule has 0 radical (unpaired) electrons. The average Bonchev–Trinajstić information content (AvgIpc) is 2.45. The minimum absolute atomic E-state index is 0.276. The first-order chi connectivity index (χ1) is 9.58. The van der Waals surface area contributed by atoms with Crippen molar-refractivity contribution >= 4 is 17.5 Å². The van der Waals surface area contributed by atoms with E-state index < -0.39 is 0 Å². The number of halogens is 1. The van der Waals surface area contributed by atoms with Gasteiger partial charge < -0.3 is 4.90 Å². The Morgan fingerprint density at radius 1 is 1.20 bits per heavy atom. The Morgan fingerprint density at radius 3 is 2.70 bits per heavy atom. The lowest BCUT2D eigenvalue weighted by Gasteiger charge is -2.35. The van der Waals surface area contributed by atoms with Crippen LogP contribution in [0.25, 0.3) is 0 Å². The minimum atomic E-state index is 0.276. The van der Waals surface area contributed by atoms with Crippen LogP contribution in [0.15, 0.2) is 24.3 Å². The highest BCUT2D eigenvalue weighted by Gasteiger charge is 2.26. The molecule has 2 heterocycles. The van der Waals surface area contributed by atoms with Crippen LogP contribution >= 0.6 is 11.6 Å². The monoisotopic (exact) mass is 287 g/mol. The van der Waals surface area contributed by atoms with Gasteiger partial charge in [0.2, 0.25) is 5.95 Å². The fourth-order valence-electron chi connectivity index (χ4n) is 2.75. The molecular weight excluding hydrogens is 270 g/mol. The molecule has 2 aromatic rings. The smallest absolute Gasteiger partial charge is 0.227 e. The Hall–Kier alpha value is -1.61. The normalized spacial score (nSPS) is 18.0. The van der Waals surface area contributed by atoms with Crippen molar-refractivity contribution in [3.05, 3.63) is 51.8 Å². The number of aromatic nitrogens is 2. The van der Waals surface area contributed by atoms with Gasteiger partial charge in [0, 0.05) is 17.8 Å². The van der Waals surface area contributed by atoms with E-state index in [0.29, 0.717) is 5.15 Å². The quantitative estimate of drug-likeness (QED) is 0.746. The van der Waals surface area contributed by atoms with Crippen molar-refractivity contribution in [3.8, 4) is 0 Å². The Labute approximate surface area is 124 Å². The predicted molar refractivity (Wildman–Crippen MR) is 82.4 cm³/mol. The zero-order valence-electron chi connectivity index (χ0n) is 12.0. The van der Waals surface area contributed by atoms with E-state index in [4.69, 9.17) is 11.6 Å². The number of rotatable bonds is 1. The van der Waals surface area contributed by atoms with E-state index in [1.165, 1.54) is 11.1 Å². The summed E-state index contributed by atoms with van der Waals surface area (Å²) >= 11 is 6.21. The summed E-state index contributed by atoms with van der Waals surface area (Å²) in [7, 11) is 0. The number of nitrogens with zero attached hydrogens (tertiary/aromatic N) is 3. The van der Waals surface area contributed by atoms with Gasteiger partial charge in [-0.3, -0.25) is 0 Å². The Bertz CT molecular complexity index is 631. The summed E-state index contributed by atoms with van der Waals surface area (Å²) in [5, 5.41) is 0.554. The van der Waals surface area contributed by atoms with Gasteiger partial charge in [-0.25, -0.2) is 9.97 Å². The fourth-order valence-corrected chi connectivity index (χ4v) is 2.97. The van der Waals surface area contributed by atoms with Crippen LogP contribution in [0.1, 0.15) is 35.3 Å². The second-order valence-electron chi connectivity index (χ2n) is 5.34. The minimum Gasteiger partial charge on any atom is -0.334 e. The third kappa shape index (κ3) is 2.16. The lowest BCUT2D eigenvalue weighted by Crippen LogP contribution is -2.35. The fraction of sp³-hybridized carbons (Fsp3) is 0.375. The van der Waals surface area contributed by atoms with E-state index in [2.05, 4.69) is 46.1 Å². The highest BCUT2D eigenvalue weighted by atomic mass is 35.5. The SMILES string of the molecule is Cc1nc(N2CCc3ccccc3[C@H]2C)nc(Cl)c1C. The van der Waals surface area contributed by atoms with Crippen LogP contribution in [-0.2, 0) is 6.42 Å². The second kappa shape index (κ2) is 5.06. The average molecular weight is 288 g/mol. The molecule has 0 unspecified atom stereocenters. The molecule has 0 fully saturated rings. The van der Waals surface area contributed by atoms with Crippen molar-refractivity contribution in [2.75, 3.05) is 11.4 Å². The van der Waals surface area contributed by atoms with Gasteiger partial charge in [-0.1, -0.05) is 35.9 Å². The number of aryl methyl sites for hydroxylation is 1. The summed E-state index contributed by atoms with van der Waals surface area (Å²) in [5.41, 5.74) is 4.69. The number of hydrogen-bond acceptors (Lipinski definition) is 3. The molecule has 1 aliphatic heterocycles. The number of benzene rings is 1. The summed E-state index contributed by atoms with van der Waals surface area (Å²) in [6.45, 7) is 7.06. The Morgan fingerprint density at radius 2 is 1.95 bits per heavy atom. The molecule has 0 amide bonds. The van der Waals surface area contributed by atoms with Crippen molar-refractivity contribution < 1.29 is 0 Å². The summed E-state index contributed by atoms with van der Waals surface area (Å²) < 4.78 is 0. The van der Waals surface area contributed by atoms with Crippen LogP contribution < -0.4 is 4.90 Å². The molecule has 0 saturated carbocycles. The largest absolute Gasteiger partial charge is 0.334 e. The van der Waals surface area contributed by atoms with Gasteiger partial charge in [-0.2, -0.15) is 0 Å². The summed E-state index contributed by atoms with van der Waals surface area (Å²) in [4.78, 5) is 11.3. The standard InChI is InChI=1S/C16H18ClN3/c1-10-11(2)18-16(19-15(10)17)20-9-8-13-6-4-5-7-14(13)12(20)3/h4-7,12H,8-9H2,1-3H3/t12-/m1/s1. The topological polar surface area (TPSA) is 29.0 Å². The van der Waals surface area contributed by atoms with Crippen LogP contribution in [0.2, 0.25) is 5.15 Å². The molecule has 1 atom stereocenters. The van der Waals surface area contributed by atoms with Gasteiger partial charge in [0.05, 0.1) is 6.04 Å². The van der Waals surface area contributed by atoms with E-state index in [-0.39, 0.29) is 6.04 Å². The van der Waals surface area contributed by atoms with E-state index in [0.717, 1.165) is 30.2 Å². The van der Waals surface area contributed by atoms with Gasteiger partial charge in [0.15, 0.2) is 0 Å². The second-order valence-corrected chi connectivity index (χ2v) is 5.70. The van der Waals surface area contributed by atoms with Gasteiger partial charge in [-0.05, 0) is 38.3 Å². The van der Waals surface area contributed by atoms with E-state index in [9.17, 15) is 0 Å². The zero-order chi connectivity index (χ0) is 14.3. The highest BCUT2D eigenvalue weighted by Crippen LogP contribution is 2.32. The maximum Gasteiger partial charge on any atom is 0.227 e. The van der Waals surface area contributed by atoms with Crippen LogP contribution in [-0.4, -0.2) is 16.5 Å². The molecule has 3 nitrogen and oxygen atoms in total. The number of anilines is 1. The first-order valence-corrected chi connectivity index (χ1v) is 7.31. The molecule has 20 heavy (non-hydrogen) atoms. The molecule has 0 spiro atoms. The Balaban J connectivity index is 2.01. The first kappa shape index (κ1) is 13.4. The molecule has 4 heteroatoms. The molecule has 0 bridgehead atoms. The lowest BCUT2D eigenvalue weighted by molar-refractivity contribution is 0.607. The summed E-state index contributed by atoms with van der Waals surface area (Å²) in [6, 6.07) is 8.86. The van der Waals surface area contributed by atoms with Gasteiger partial charge in [0.1, 0.15) is 5.15 Å². The third-order valence-corrected chi connectivity index (χ3v) is 4.54. The van der Waals surface area contributed by atoms with Crippen LogP contribution in [0.4, 0.5) is 5.95 Å². The molecule has 0 aliphatic carbocycles. The Kier molecular flexibility index (Phi) is 3.38. The number of fused-ring (bicyclic) bond motifs is 1. The van der Waals surface area contributed by atoms with E-state index >= 15 is 0 Å². The number of hydrogen-bond donors (Lipinski definition) is 0. The van der Waals surface area contributed by atoms with Crippen molar-refractivity contribution in [1.82, 2.24) is 9.97 Å². The van der Waals surface area contributed by atoms with Crippen molar-refractivity contribution in [3.63, 3.8) is 0 Å². The first-order valence-electron chi connectivity index (χ1n) is 6.93. The zero-order valence-corrected chi connectivity index (χ0v) is 12.8. The molecule has 104 valence electrons. The van der Waals surface area contributed by atoms with E-state index in [1.54, 1.807) is 0 Å². The predicted octanol–water partition coefficient (Wildman–Crippen LogP) is 3.87. The van der Waals surface area contributed by atoms with Crippen LogP contribution in [0.3, 0.4) is 0 Å². The summed E-state index contributed by atoms with van der Waals surface area (Å²) in [5.74, 6) is 0.736.